The number of hydrogen-bond acceptors (Lipinski definition) is 5. The number of aromatic nitrogens is 1. The second-order valence-electron chi connectivity index (χ2n) is 6.37. The lowest BCUT2D eigenvalue weighted by atomic mass is 9.94. The summed E-state index contributed by atoms with van der Waals surface area (Å²) in [6.07, 6.45) is 5.24. The zero-order valence-corrected chi connectivity index (χ0v) is 15.2. The molecule has 1 fully saturated rings. The van der Waals surface area contributed by atoms with Crippen LogP contribution in [0.3, 0.4) is 0 Å². The minimum absolute atomic E-state index is 0.0255. The highest BCUT2D eigenvalue weighted by Gasteiger charge is 2.26. The number of thiazole rings is 1. The molecule has 0 atom stereocenters. The fourth-order valence-corrected chi connectivity index (χ4v) is 3.74. The predicted molar refractivity (Wildman–Crippen MR) is 101 cm³/mol. The molecule has 8 heteroatoms. The molecule has 1 heterocycles. The molecule has 0 aliphatic heterocycles. The van der Waals surface area contributed by atoms with Gasteiger partial charge in [0.05, 0.1) is 11.9 Å². The Morgan fingerprint density at radius 3 is 2.58 bits per heavy atom. The van der Waals surface area contributed by atoms with Crippen LogP contribution in [-0.2, 0) is 0 Å². The van der Waals surface area contributed by atoms with Crippen molar-refractivity contribution in [3.63, 3.8) is 0 Å². The van der Waals surface area contributed by atoms with E-state index in [2.05, 4.69) is 15.6 Å². The SMILES string of the molecule is Cc1ccc(NC(=O)Nc2ncc(C(N)=O)s2)c(C(=O)C2CCCC2)c1. The maximum Gasteiger partial charge on any atom is 0.325 e. The highest BCUT2D eigenvalue weighted by Crippen LogP contribution is 2.31. The summed E-state index contributed by atoms with van der Waals surface area (Å²) in [5, 5.41) is 5.52. The quantitative estimate of drug-likeness (QED) is 0.696. The van der Waals surface area contributed by atoms with E-state index in [1.807, 2.05) is 19.1 Å². The van der Waals surface area contributed by atoms with Crippen LogP contribution < -0.4 is 16.4 Å². The monoisotopic (exact) mass is 372 g/mol. The zero-order chi connectivity index (χ0) is 18.7. The van der Waals surface area contributed by atoms with Crippen LogP contribution in [-0.4, -0.2) is 22.7 Å². The van der Waals surface area contributed by atoms with Gasteiger partial charge >= 0.3 is 6.03 Å². The van der Waals surface area contributed by atoms with Gasteiger partial charge in [-0.1, -0.05) is 35.8 Å². The van der Waals surface area contributed by atoms with Crippen molar-refractivity contribution in [3.8, 4) is 0 Å². The van der Waals surface area contributed by atoms with Gasteiger partial charge in [0.1, 0.15) is 4.88 Å². The number of aryl methyl sites for hydroxylation is 1. The number of ketones is 1. The Morgan fingerprint density at radius 2 is 1.92 bits per heavy atom. The van der Waals surface area contributed by atoms with Gasteiger partial charge in [0.2, 0.25) is 0 Å². The van der Waals surface area contributed by atoms with Gasteiger partial charge in [-0.05, 0) is 31.9 Å². The Labute approximate surface area is 155 Å². The van der Waals surface area contributed by atoms with Crippen molar-refractivity contribution in [3.05, 3.63) is 40.4 Å². The number of nitrogens with one attached hydrogen (secondary N) is 2. The van der Waals surface area contributed by atoms with Crippen molar-refractivity contribution in [1.82, 2.24) is 4.98 Å². The normalized spacial score (nSPS) is 14.2. The largest absolute Gasteiger partial charge is 0.365 e. The third-order valence-electron chi connectivity index (χ3n) is 4.38. The highest BCUT2D eigenvalue weighted by molar-refractivity contribution is 7.17. The zero-order valence-electron chi connectivity index (χ0n) is 14.4. The maximum absolute atomic E-state index is 12.8. The average Bonchev–Trinajstić information content (AvgIpc) is 3.27. The van der Waals surface area contributed by atoms with Gasteiger partial charge in [-0.2, -0.15) is 0 Å². The van der Waals surface area contributed by atoms with Crippen LogP contribution >= 0.6 is 11.3 Å². The topological polar surface area (TPSA) is 114 Å². The first-order valence-corrected chi connectivity index (χ1v) is 9.24. The number of anilines is 2. The summed E-state index contributed by atoms with van der Waals surface area (Å²) in [5.41, 5.74) is 7.14. The van der Waals surface area contributed by atoms with Crippen LogP contribution in [0.5, 0.6) is 0 Å². The van der Waals surface area contributed by atoms with Crippen molar-refractivity contribution in [1.29, 1.82) is 0 Å². The molecule has 3 amide bonds. The maximum atomic E-state index is 12.8. The minimum atomic E-state index is -0.598. The van der Waals surface area contributed by atoms with E-state index in [1.165, 1.54) is 6.20 Å². The fourth-order valence-electron chi connectivity index (χ4n) is 3.08. The summed E-state index contributed by atoms with van der Waals surface area (Å²) in [4.78, 5) is 40.3. The number of amides is 3. The van der Waals surface area contributed by atoms with Gasteiger partial charge in [-0.3, -0.25) is 14.9 Å². The number of Topliss-reactive ketones (excluding diaryl/α,β-unsaturated/α-hetero) is 1. The molecule has 1 aliphatic rings. The molecular weight excluding hydrogens is 352 g/mol. The van der Waals surface area contributed by atoms with Gasteiger partial charge in [0.15, 0.2) is 10.9 Å². The molecule has 1 aromatic carbocycles. The molecule has 1 aliphatic carbocycles. The molecule has 0 spiro atoms. The Bertz CT molecular complexity index is 856. The number of hydrogen-bond donors (Lipinski definition) is 3. The molecule has 7 nitrogen and oxygen atoms in total. The summed E-state index contributed by atoms with van der Waals surface area (Å²) in [7, 11) is 0. The van der Waals surface area contributed by atoms with Gasteiger partial charge in [-0.15, -0.1) is 0 Å². The van der Waals surface area contributed by atoms with E-state index in [1.54, 1.807) is 6.07 Å². The van der Waals surface area contributed by atoms with Crippen LogP contribution in [0.15, 0.2) is 24.4 Å². The number of rotatable bonds is 5. The van der Waals surface area contributed by atoms with Crippen LogP contribution in [0.2, 0.25) is 0 Å². The van der Waals surface area contributed by atoms with E-state index in [0.717, 1.165) is 42.6 Å². The second kappa shape index (κ2) is 7.65. The van der Waals surface area contributed by atoms with E-state index in [0.29, 0.717) is 11.3 Å². The van der Waals surface area contributed by atoms with Crippen LogP contribution in [0.25, 0.3) is 0 Å². The molecule has 26 heavy (non-hydrogen) atoms. The van der Waals surface area contributed by atoms with E-state index in [-0.39, 0.29) is 21.7 Å². The first-order valence-electron chi connectivity index (χ1n) is 8.42. The van der Waals surface area contributed by atoms with Crippen molar-refractivity contribution < 1.29 is 14.4 Å². The molecule has 0 saturated heterocycles. The van der Waals surface area contributed by atoms with Gasteiger partial charge in [-0.25, -0.2) is 9.78 Å². The number of urea groups is 1. The molecule has 1 aromatic heterocycles. The Hall–Kier alpha value is -2.74. The number of nitrogens with zero attached hydrogens (tertiary/aromatic N) is 1. The molecular formula is C18H20N4O3S. The van der Waals surface area contributed by atoms with Crippen molar-refractivity contribution in [2.75, 3.05) is 10.6 Å². The van der Waals surface area contributed by atoms with E-state index in [4.69, 9.17) is 5.73 Å². The Balaban J connectivity index is 1.74. The van der Waals surface area contributed by atoms with Gasteiger partial charge in [0, 0.05) is 11.5 Å². The Morgan fingerprint density at radius 1 is 1.19 bits per heavy atom. The number of carbonyl (C=O) groups is 3. The standard InChI is InChI=1S/C18H20N4O3S/c1-10-6-7-13(12(8-10)15(23)11-4-2-3-5-11)21-17(25)22-18-20-9-14(26-18)16(19)24/h6-9,11H,2-5H2,1H3,(H2,19,24)(H2,20,21,22,25). The number of benzene rings is 1. The van der Waals surface area contributed by atoms with Crippen molar-refractivity contribution >= 4 is 39.9 Å². The average molecular weight is 372 g/mol. The van der Waals surface area contributed by atoms with Gasteiger partial charge in [0.25, 0.3) is 5.91 Å². The highest BCUT2D eigenvalue weighted by atomic mass is 32.1. The molecule has 136 valence electrons. The lowest BCUT2D eigenvalue weighted by molar-refractivity contribution is 0.0923. The van der Waals surface area contributed by atoms with Crippen LogP contribution in [0.4, 0.5) is 15.6 Å². The summed E-state index contributed by atoms with van der Waals surface area (Å²) >= 11 is 0.989. The number of primary amides is 1. The van der Waals surface area contributed by atoms with E-state index >= 15 is 0 Å². The Kier molecular flexibility index (Phi) is 5.32. The van der Waals surface area contributed by atoms with Crippen LogP contribution in [0, 0.1) is 12.8 Å². The van der Waals surface area contributed by atoms with E-state index in [9.17, 15) is 14.4 Å². The molecule has 0 radical (unpaired) electrons. The number of nitrogens with two attached hydrogens (primary N) is 1. The third-order valence-corrected chi connectivity index (χ3v) is 5.31. The van der Waals surface area contributed by atoms with Gasteiger partial charge < -0.3 is 11.1 Å². The fraction of sp³-hybridized carbons (Fsp3) is 0.333. The summed E-state index contributed by atoms with van der Waals surface area (Å²) in [6, 6.07) is 4.86. The summed E-state index contributed by atoms with van der Waals surface area (Å²) in [5.74, 6) is -0.497. The first-order chi connectivity index (χ1) is 12.4. The lowest BCUT2D eigenvalue weighted by Crippen LogP contribution is -2.22. The second-order valence-corrected chi connectivity index (χ2v) is 7.40. The summed E-state index contributed by atoms with van der Waals surface area (Å²) < 4.78 is 0. The molecule has 2 aromatic rings. The summed E-state index contributed by atoms with van der Waals surface area (Å²) in [6.45, 7) is 1.91. The molecule has 3 rings (SSSR count). The van der Waals surface area contributed by atoms with Crippen molar-refractivity contribution in [2.45, 2.75) is 32.6 Å². The molecule has 4 N–H and O–H groups in total. The van der Waals surface area contributed by atoms with E-state index < -0.39 is 11.9 Å². The predicted octanol–water partition coefficient (Wildman–Crippen LogP) is 3.57. The lowest BCUT2D eigenvalue weighted by Gasteiger charge is -2.14. The number of carbonyl (C=O) groups excluding carboxylic acids is 3. The third kappa shape index (κ3) is 4.08. The van der Waals surface area contributed by atoms with Crippen molar-refractivity contribution in [2.24, 2.45) is 11.7 Å². The first kappa shape index (κ1) is 18.1. The molecule has 0 unspecified atom stereocenters. The minimum Gasteiger partial charge on any atom is -0.365 e. The smallest absolute Gasteiger partial charge is 0.325 e. The molecule has 1 saturated carbocycles. The molecule has 0 bridgehead atoms. The van der Waals surface area contributed by atoms with Crippen LogP contribution in [0.1, 0.15) is 51.3 Å².